The Hall–Kier alpha value is -2.59. The maximum Gasteiger partial charge on any atom is 0.258 e. The Bertz CT molecular complexity index is 1310. The number of carbonyl (C=O) groups is 1. The third-order valence-corrected chi connectivity index (χ3v) is 7.77. The number of amides is 1. The molecule has 11 heteroatoms. The van der Waals surface area contributed by atoms with Gasteiger partial charge < -0.3 is 15.4 Å². The van der Waals surface area contributed by atoms with Gasteiger partial charge in [0.1, 0.15) is 5.75 Å². The molecule has 0 bridgehead atoms. The van der Waals surface area contributed by atoms with Crippen molar-refractivity contribution in [1.29, 1.82) is 0 Å². The van der Waals surface area contributed by atoms with E-state index in [4.69, 9.17) is 27.9 Å². The standard InChI is InChI=1S/C24H26Cl2N4O4S/c25-16-5-7-19-21(9-10-27-22(19)13-16)28-11-12-29-24(31)15-34-23-8-6-18(14-20(23)26)35(32,33)30-17-3-1-2-4-17/h5-10,13-14,17,30H,1-4,11-12,15H2,(H,27,28)(H,29,31). The molecule has 0 atom stereocenters. The van der Waals surface area contributed by atoms with Gasteiger partial charge in [0.25, 0.3) is 5.91 Å². The molecule has 1 aliphatic carbocycles. The summed E-state index contributed by atoms with van der Waals surface area (Å²) in [5, 5.41) is 7.71. The molecule has 35 heavy (non-hydrogen) atoms. The van der Waals surface area contributed by atoms with Crippen LogP contribution in [0.1, 0.15) is 25.7 Å². The Labute approximate surface area is 214 Å². The first-order valence-corrected chi connectivity index (χ1v) is 13.6. The van der Waals surface area contributed by atoms with Crippen molar-refractivity contribution in [2.75, 3.05) is 25.0 Å². The average Bonchev–Trinajstić information content (AvgIpc) is 3.33. The third kappa shape index (κ3) is 6.76. The van der Waals surface area contributed by atoms with E-state index >= 15 is 0 Å². The summed E-state index contributed by atoms with van der Waals surface area (Å²) in [7, 11) is -3.65. The molecule has 3 aromatic rings. The molecule has 8 nitrogen and oxygen atoms in total. The molecule has 1 saturated carbocycles. The number of hydrogen-bond donors (Lipinski definition) is 3. The number of anilines is 1. The van der Waals surface area contributed by atoms with Gasteiger partial charge in [0.05, 0.1) is 15.4 Å². The normalized spacial score (nSPS) is 14.2. The Kier molecular flexibility index (Phi) is 8.33. The van der Waals surface area contributed by atoms with Crippen molar-refractivity contribution in [3.8, 4) is 5.75 Å². The van der Waals surface area contributed by atoms with Crippen LogP contribution in [0.3, 0.4) is 0 Å². The number of ether oxygens (including phenoxy) is 1. The quantitative estimate of drug-likeness (QED) is 0.332. The Morgan fingerprint density at radius 2 is 1.86 bits per heavy atom. The molecule has 0 saturated heterocycles. The number of nitrogens with one attached hydrogen (secondary N) is 3. The third-order valence-electron chi connectivity index (χ3n) is 5.72. The van der Waals surface area contributed by atoms with E-state index in [0.29, 0.717) is 18.1 Å². The van der Waals surface area contributed by atoms with E-state index in [-0.39, 0.29) is 34.2 Å². The van der Waals surface area contributed by atoms with Crippen LogP contribution in [0.25, 0.3) is 10.9 Å². The van der Waals surface area contributed by atoms with E-state index in [0.717, 1.165) is 42.3 Å². The van der Waals surface area contributed by atoms with Crippen LogP contribution in [0, 0.1) is 0 Å². The Morgan fingerprint density at radius 3 is 2.63 bits per heavy atom. The highest BCUT2D eigenvalue weighted by molar-refractivity contribution is 7.89. The van der Waals surface area contributed by atoms with Gasteiger partial charge in [-0.1, -0.05) is 36.0 Å². The second kappa shape index (κ2) is 11.4. The maximum atomic E-state index is 12.6. The lowest BCUT2D eigenvalue weighted by Crippen LogP contribution is -2.33. The predicted octanol–water partition coefficient (Wildman–Crippen LogP) is 4.37. The van der Waals surface area contributed by atoms with Gasteiger partial charge in [-0.3, -0.25) is 9.78 Å². The number of aromatic nitrogens is 1. The molecule has 1 aromatic heterocycles. The summed E-state index contributed by atoms with van der Waals surface area (Å²) >= 11 is 12.2. The highest BCUT2D eigenvalue weighted by atomic mass is 35.5. The largest absolute Gasteiger partial charge is 0.482 e. The molecular weight excluding hydrogens is 511 g/mol. The topological polar surface area (TPSA) is 109 Å². The highest BCUT2D eigenvalue weighted by Gasteiger charge is 2.23. The van der Waals surface area contributed by atoms with Crippen molar-refractivity contribution in [2.45, 2.75) is 36.6 Å². The van der Waals surface area contributed by atoms with Gasteiger partial charge in [0, 0.05) is 41.4 Å². The number of sulfonamides is 1. The molecule has 1 fully saturated rings. The fraction of sp³-hybridized carbons (Fsp3) is 0.333. The number of nitrogens with zero attached hydrogens (tertiary/aromatic N) is 1. The number of pyridine rings is 1. The summed E-state index contributed by atoms with van der Waals surface area (Å²) in [6, 6.07) is 11.5. The molecule has 1 heterocycles. The molecule has 1 aliphatic rings. The molecule has 0 radical (unpaired) electrons. The first-order chi connectivity index (χ1) is 16.8. The van der Waals surface area contributed by atoms with Crippen molar-refractivity contribution in [2.24, 2.45) is 0 Å². The second-order valence-electron chi connectivity index (χ2n) is 8.28. The Morgan fingerprint density at radius 1 is 1.06 bits per heavy atom. The van der Waals surface area contributed by atoms with E-state index in [1.807, 2.05) is 12.1 Å². The number of carbonyl (C=O) groups excluding carboxylic acids is 1. The molecule has 2 aromatic carbocycles. The Balaban J connectivity index is 1.24. The minimum atomic E-state index is -3.65. The van der Waals surface area contributed by atoms with Crippen molar-refractivity contribution in [1.82, 2.24) is 15.0 Å². The van der Waals surface area contributed by atoms with Crippen LogP contribution in [-0.2, 0) is 14.8 Å². The van der Waals surface area contributed by atoms with Crippen LogP contribution in [0.15, 0.2) is 53.6 Å². The summed E-state index contributed by atoms with van der Waals surface area (Å²) in [5.41, 5.74) is 1.67. The van der Waals surface area contributed by atoms with E-state index in [1.54, 1.807) is 18.3 Å². The number of hydrogen-bond acceptors (Lipinski definition) is 6. The molecular formula is C24H26Cl2N4O4S. The van der Waals surface area contributed by atoms with Gasteiger partial charge in [-0.25, -0.2) is 13.1 Å². The first-order valence-electron chi connectivity index (χ1n) is 11.3. The van der Waals surface area contributed by atoms with Crippen LogP contribution in [-0.4, -0.2) is 45.0 Å². The molecule has 4 rings (SSSR count). The van der Waals surface area contributed by atoms with Gasteiger partial charge in [-0.15, -0.1) is 0 Å². The molecule has 1 amide bonds. The molecule has 0 aliphatic heterocycles. The number of fused-ring (bicyclic) bond motifs is 1. The van der Waals surface area contributed by atoms with Crippen molar-refractivity contribution in [3.05, 3.63) is 58.7 Å². The van der Waals surface area contributed by atoms with Gasteiger partial charge >= 0.3 is 0 Å². The minimum absolute atomic E-state index is 0.0383. The van der Waals surface area contributed by atoms with E-state index in [9.17, 15) is 13.2 Å². The zero-order valence-electron chi connectivity index (χ0n) is 18.9. The van der Waals surface area contributed by atoms with E-state index < -0.39 is 10.0 Å². The first kappa shape index (κ1) is 25.5. The van der Waals surface area contributed by atoms with Crippen LogP contribution >= 0.6 is 23.2 Å². The number of rotatable bonds is 10. The van der Waals surface area contributed by atoms with Crippen LogP contribution in [0.5, 0.6) is 5.75 Å². The lowest BCUT2D eigenvalue weighted by molar-refractivity contribution is -0.123. The summed E-state index contributed by atoms with van der Waals surface area (Å²) in [4.78, 5) is 16.5. The maximum absolute atomic E-state index is 12.6. The number of halogens is 2. The predicted molar refractivity (Wildman–Crippen MR) is 138 cm³/mol. The second-order valence-corrected chi connectivity index (χ2v) is 10.8. The van der Waals surface area contributed by atoms with Gasteiger partial charge in [-0.2, -0.15) is 0 Å². The smallest absolute Gasteiger partial charge is 0.258 e. The monoisotopic (exact) mass is 536 g/mol. The summed E-state index contributed by atoms with van der Waals surface area (Å²) in [6.07, 6.45) is 5.42. The van der Waals surface area contributed by atoms with Crippen LogP contribution in [0.2, 0.25) is 10.0 Å². The van der Waals surface area contributed by atoms with Gasteiger partial charge in [-0.05, 0) is 55.3 Å². The highest BCUT2D eigenvalue weighted by Crippen LogP contribution is 2.28. The fourth-order valence-corrected chi connectivity index (χ4v) is 5.76. The average molecular weight is 537 g/mol. The van der Waals surface area contributed by atoms with Crippen LogP contribution < -0.4 is 20.1 Å². The summed E-state index contributed by atoms with van der Waals surface area (Å²) < 4.78 is 33.3. The molecule has 0 spiro atoms. The zero-order valence-corrected chi connectivity index (χ0v) is 21.2. The zero-order chi connectivity index (χ0) is 24.8. The SMILES string of the molecule is O=C(COc1ccc(S(=O)(=O)NC2CCCC2)cc1Cl)NCCNc1ccnc2cc(Cl)ccc12. The van der Waals surface area contributed by atoms with Gasteiger partial charge in [0.2, 0.25) is 10.0 Å². The summed E-state index contributed by atoms with van der Waals surface area (Å²) in [5.74, 6) is -0.0875. The van der Waals surface area contributed by atoms with Crippen molar-refractivity contribution < 1.29 is 17.9 Å². The summed E-state index contributed by atoms with van der Waals surface area (Å²) in [6.45, 7) is 0.620. The van der Waals surface area contributed by atoms with E-state index in [1.165, 1.54) is 18.2 Å². The lowest BCUT2D eigenvalue weighted by atomic mass is 10.2. The molecule has 0 unspecified atom stereocenters. The van der Waals surface area contributed by atoms with Gasteiger partial charge in [0.15, 0.2) is 6.61 Å². The van der Waals surface area contributed by atoms with Crippen molar-refractivity contribution in [3.63, 3.8) is 0 Å². The minimum Gasteiger partial charge on any atom is -0.482 e. The van der Waals surface area contributed by atoms with E-state index in [2.05, 4.69) is 20.3 Å². The fourth-order valence-electron chi connectivity index (χ4n) is 3.97. The molecule has 3 N–H and O–H groups in total. The number of benzene rings is 2. The van der Waals surface area contributed by atoms with Crippen molar-refractivity contribution >= 4 is 55.7 Å². The lowest BCUT2D eigenvalue weighted by Gasteiger charge is -2.14. The molecule has 186 valence electrons. The van der Waals surface area contributed by atoms with Crippen LogP contribution in [0.4, 0.5) is 5.69 Å².